The van der Waals surface area contributed by atoms with Crippen molar-refractivity contribution in [1.29, 1.82) is 0 Å². The van der Waals surface area contributed by atoms with Crippen LogP contribution >= 0.6 is 0 Å². The summed E-state index contributed by atoms with van der Waals surface area (Å²) in [4.78, 5) is 4.85. The second-order valence-corrected chi connectivity index (χ2v) is 6.03. The van der Waals surface area contributed by atoms with E-state index in [4.69, 9.17) is 4.98 Å². The summed E-state index contributed by atoms with van der Waals surface area (Å²) in [7, 11) is 0. The topological polar surface area (TPSA) is 29.9 Å². The minimum absolute atomic E-state index is 0.530. The molecule has 0 aliphatic carbocycles. The summed E-state index contributed by atoms with van der Waals surface area (Å²) in [6.45, 7) is 13.0. The molecule has 0 unspecified atom stereocenters. The van der Waals surface area contributed by atoms with Crippen LogP contribution in [0.15, 0.2) is 18.2 Å². The van der Waals surface area contributed by atoms with Crippen LogP contribution in [0.5, 0.6) is 0 Å². The number of imidazole rings is 1. The molecule has 1 heterocycles. The van der Waals surface area contributed by atoms with E-state index in [0.717, 1.165) is 25.0 Å². The summed E-state index contributed by atoms with van der Waals surface area (Å²) in [5.74, 6) is 1.74. The highest BCUT2D eigenvalue weighted by atomic mass is 15.1. The number of aryl methyl sites for hydroxylation is 1. The molecular weight excluding hydrogens is 246 g/mol. The minimum Gasteiger partial charge on any atom is -0.328 e. The van der Waals surface area contributed by atoms with Gasteiger partial charge in [0.15, 0.2) is 0 Å². The summed E-state index contributed by atoms with van der Waals surface area (Å²) in [6.07, 6.45) is 0.984. The fraction of sp³-hybridized carbons (Fsp3) is 0.588. The molecule has 3 nitrogen and oxygen atoms in total. The number of rotatable bonds is 6. The predicted molar refractivity (Wildman–Crippen MR) is 86.3 cm³/mol. The SMILES string of the molecule is CCn1c(CCNC(C)C)nc2cc(C(C)C)ccc21. The number of fused-ring (bicyclic) bond motifs is 1. The summed E-state index contributed by atoms with van der Waals surface area (Å²) < 4.78 is 2.33. The maximum absolute atomic E-state index is 4.85. The lowest BCUT2D eigenvalue weighted by Crippen LogP contribution is -2.25. The summed E-state index contributed by atoms with van der Waals surface area (Å²) in [5.41, 5.74) is 3.76. The van der Waals surface area contributed by atoms with Gasteiger partial charge in [0.2, 0.25) is 0 Å². The van der Waals surface area contributed by atoms with Crippen molar-refractivity contribution >= 4 is 11.0 Å². The van der Waals surface area contributed by atoms with Gasteiger partial charge in [-0.3, -0.25) is 0 Å². The fourth-order valence-electron chi connectivity index (χ4n) is 2.57. The largest absolute Gasteiger partial charge is 0.328 e. The molecule has 0 aliphatic heterocycles. The second-order valence-electron chi connectivity index (χ2n) is 6.03. The predicted octanol–water partition coefficient (Wildman–Crippen LogP) is 3.72. The lowest BCUT2D eigenvalue weighted by molar-refractivity contribution is 0.573. The highest BCUT2D eigenvalue weighted by Crippen LogP contribution is 2.22. The van der Waals surface area contributed by atoms with Crippen LogP contribution in [0.3, 0.4) is 0 Å². The van der Waals surface area contributed by atoms with Gasteiger partial charge in [0.05, 0.1) is 11.0 Å². The van der Waals surface area contributed by atoms with Gasteiger partial charge in [-0.05, 0) is 30.5 Å². The Kier molecular flexibility index (Phi) is 4.81. The first kappa shape index (κ1) is 15.0. The molecular formula is C17H27N3. The van der Waals surface area contributed by atoms with E-state index in [-0.39, 0.29) is 0 Å². The first-order valence-corrected chi connectivity index (χ1v) is 7.75. The van der Waals surface area contributed by atoms with Crippen molar-refractivity contribution in [2.45, 2.75) is 59.5 Å². The minimum atomic E-state index is 0.530. The van der Waals surface area contributed by atoms with E-state index in [9.17, 15) is 0 Å². The molecule has 1 aromatic heterocycles. The molecule has 0 saturated heterocycles. The van der Waals surface area contributed by atoms with Crippen LogP contribution in [0.2, 0.25) is 0 Å². The molecule has 2 aromatic rings. The molecule has 0 atom stereocenters. The molecule has 0 amide bonds. The second kappa shape index (κ2) is 6.40. The first-order valence-electron chi connectivity index (χ1n) is 7.75. The van der Waals surface area contributed by atoms with Crippen LogP contribution in [0.4, 0.5) is 0 Å². The lowest BCUT2D eigenvalue weighted by atomic mass is 10.0. The number of aromatic nitrogens is 2. The van der Waals surface area contributed by atoms with E-state index in [1.165, 1.54) is 16.9 Å². The zero-order valence-electron chi connectivity index (χ0n) is 13.4. The van der Waals surface area contributed by atoms with Gasteiger partial charge < -0.3 is 9.88 Å². The van der Waals surface area contributed by atoms with Crippen molar-refractivity contribution in [3.63, 3.8) is 0 Å². The highest BCUT2D eigenvalue weighted by Gasteiger charge is 2.11. The molecule has 1 N–H and O–H groups in total. The summed E-state index contributed by atoms with van der Waals surface area (Å²) in [5, 5.41) is 3.47. The quantitative estimate of drug-likeness (QED) is 0.869. The van der Waals surface area contributed by atoms with Gasteiger partial charge in [-0.2, -0.15) is 0 Å². The van der Waals surface area contributed by atoms with Crippen LogP contribution in [0, 0.1) is 0 Å². The van der Waals surface area contributed by atoms with Crippen LogP contribution in [0.1, 0.15) is 51.9 Å². The molecule has 20 heavy (non-hydrogen) atoms. The summed E-state index contributed by atoms with van der Waals surface area (Å²) >= 11 is 0. The molecule has 110 valence electrons. The van der Waals surface area contributed by atoms with Crippen molar-refractivity contribution in [2.24, 2.45) is 0 Å². The normalized spacial score (nSPS) is 11.9. The Morgan fingerprint density at radius 2 is 1.95 bits per heavy atom. The van der Waals surface area contributed by atoms with Crippen molar-refractivity contribution in [2.75, 3.05) is 6.54 Å². The van der Waals surface area contributed by atoms with E-state index < -0.39 is 0 Å². The van der Waals surface area contributed by atoms with Crippen LogP contribution in [-0.4, -0.2) is 22.1 Å². The van der Waals surface area contributed by atoms with Gasteiger partial charge in [-0.25, -0.2) is 4.98 Å². The van der Waals surface area contributed by atoms with Gasteiger partial charge in [0, 0.05) is 25.6 Å². The van der Waals surface area contributed by atoms with E-state index in [2.05, 4.69) is 62.7 Å². The standard InChI is InChI=1S/C17H27N3/c1-6-20-16-8-7-14(12(2)3)11-15(16)19-17(20)9-10-18-13(4)5/h7-8,11-13,18H,6,9-10H2,1-5H3. The third kappa shape index (κ3) is 3.21. The van der Waals surface area contributed by atoms with Gasteiger partial charge in [0.25, 0.3) is 0 Å². The first-order chi connectivity index (χ1) is 9.52. The third-order valence-corrected chi connectivity index (χ3v) is 3.74. The lowest BCUT2D eigenvalue weighted by Gasteiger charge is -2.09. The molecule has 1 aromatic carbocycles. The number of hydrogen-bond acceptors (Lipinski definition) is 2. The van der Waals surface area contributed by atoms with Gasteiger partial charge in [0.1, 0.15) is 5.82 Å². The molecule has 0 fully saturated rings. The average molecular weight is 273 g/mol. The van der Waals surface area contributed by atoms with Crippen molar-refractivity contribution in [3.05, 3.63) is 29.6 Å². The monoisotopic (exact) mass is 273 g/mol. The van der Waals surface area contributed by atoms with Crippen molar-refractivity contribution in [3.8, 4) is 0 Å². The van der Waals surface area contributed by atoms with Crippen LogP contribution in [-0.2, 0) is 13.0 Å². The Labute approximate surface area is 122 Å². The fourth-order valence-corrected chi connectivity index (χ4v) is 2.57. The van der Waals surface area contributed by atoms with E-state index in [1.54, 1.807) is 0 Å². The van der Waals surface area contributed by atoms with E-state index in [0.29, 0.717) is 12.0 Å². The number of nitrogens with zero attached hydrogens (tertiary/aromatic N) is 2. The van der Waals surface area contributed by atoms with Crippen molar-refractivity contribution < 1.29 is 0 Å². The highest BCUT2D eigenvalue weighted by molar-refractivity contribution is 5.77. The van der Waals surface area contributed by atoms with Crippen molar-refractivity contribution in [1.82, 2.24) is 14.9 Å². The smallest absolute Gasteiger partial charge is 0.111 e. The Morgan fingerprint density at radius 3 is 2.55 bits per heavy atom. The van der Waals surface area contributed by atoms with Gasteiger partial charge in [-0.15, -0.1) is 0 Å². The number of nitrogens with one attached hydrogen (secondary N) is 1. The zero-order chi connectivity index (χ0) is 14.7. The molecule has 0 radical (unpaired) electrons. The summed E-state index contributed by atoms with van der Waals surface area (Å²) in [6, 6.07) is 7.23. The molecule has 3 heteroatoms. The van der Waals surface area contributed by atoms with Gasteiger partial charge in [-0.1, -0.05) is 33.8 Å². The van der Waals surface area contributed by atoms with Crippen LogP contribution < -0.4 is 5.32 Å². The zero-order valence-corrected chi connectivity index (χ0v) is 13.4. The Bertz CT molecular complexity index is 567. The maximum Gasteiger partial charge on any atom is 0.111 e. The molecule has 0 aliphatic rings. The molecule has 0 saturated carbocycles. The van der Waals surface area contributed by atoms with Gasteiger partial charge >= 0.3 is 0 Å². The molecule has 2 rings (SSSR count). The molecule has 0 spiro atoms. The third-order valence-electron chi connectivity index (χ3n) is 3.74. The average Bonchev–Trinajstić information content (AvgIpc) is 2.74. The Balaban J connectivity index is 2.29. The van der Waals surface area contributed by atoms with Crippen LogP contribution in [0.25, 0.3) is 11.0 Å². The molecule has 0 bridgehead atoms. The Hall–Kier alpha value is -1.35. The Morgan fingerprint density at radius 1 is 1.20 bits per heavy atom. The maximum atomic E-state index is 4.85. The number of hydrogen-bond donors (Lipinski definition) is 1. The van der Waals surface area contributed by atoms with E-state index >= 15 is 0 Å². The number of benzene rings is 1. The van der Waals surface area contributed by atoms with E-state index in [1.807, 2.05) is 0 Å².